The van der Waals surface area contributed by atoms with Gasteiger partial charge in [0.15, 0.2) is 0 Å². The summed E-state index contributed by atoms with van der Waals surface area (Å²) in [4.78, 5) is 22.3. The number of morpholine rings is 1. The maximum Gasteiger partial charge on any atom is 0.232 e. The zero-order valence-corrected chi connectivity index (χ0v) is 18.5. The first-order valence-electron chi connectivity index (χ1n) is 11.5. The fourth-order valence-corrected chi connectivity index (χ4v) is 6.58. The molecule has 1 saturated heterocycles. The van der Waals surface area contributed by atoms with Crippen LogP contribution in [0.15, 0.2) is 12.4 Å². The molecule has 31 heavy (non-hydrogen) atoms. The van der Waals surface area contributed by atoms with Crippen molar-refractivity contribution in [2.75, 3.05) is 36.9 Å². The molecule has 3 aromatic rings. The molecule has 2 aliphatic carbocycles. The first-order valence-corrected chi connectivity index (χ1v) is 12.3. The fourth-order valence-electron chi connectivity index (χ4n) is 5.32. The Hall–Kier alpha value is -2.23. The standard InChI is InChI=1S/C22H29N7OS/c1-2-16-17(3-1)31-20-18(16)19(26-22(27-20)28-21-23-8-9-24-21)25-14-4-6-15(7-5-14)29-10-12-30-13-11-29/h8-9,14-15H,1-7,10-13H2,(H3,23,24,25,26,27,28). The topological polar surface area (TPSA) is 91.0 Å². The van der Waals surface area contributed by atoms with E-state index in [1.165, 1.54) is 54.4 Å². The third-order valence-electron chi connectivity index (χ3n) is 6.89. The summed E-state index contributed by atoms with van der Waals surface area (Å²) in [7, 11) is 0. The number of nitrogens with one attached hydrogen (secondary N) is 3. The van der Waals surface area contributed by atoms with Gasteiger partial charge in [-0.15, -0.1) is 11.3 Å². The molecular weight excluding hydrogens is 410 g/mol. The van der Waals surface area contributed by atoms with Gasteiger partial charge in [-0.05, 0) is 50.5 Å². The Morgan fingerprint density at radius 3 is 2.77 bits per heavy atom. The van der Waals surface area contributed by atoms with Gasteiger partial charge in [0, 0.05) is 42.4 Å². The van der Waals surface area contributed by atoms with Crippen molar-refractivity contribution in [3.8, 4) is 0 Å². The summed E-state index contributed by atoms with van der Waals surface area (Å²) < 4.78 is 5.53. The van der Waals surface area contributed by atoms with E-state index in [-0.39, 0.29) is 0 Å². The minimum atomic E-state index is 0.462. The summed E-state index contributed by atoms with van der Waals surface area (Å²) >= 11 is 1.83. The molecule has 2 fully saturated rings. The lowest BCUT2D eigenvalue weighted by Gasteiger charge is -2.39. The Labute approximate surface area is 185 Å². The molecule has 3 N–H and O–H groups in total. The van der Waals surface area contributed by atoms with Crippen molar-refractivity contribution in [1.82, 2.24) is 24.8 Å². The average Bonchev–Trinajstić information content (AvgIpc) is 3.53. The van der Waals surface area contributed by atoms with E-state index in [4.69, 9.17) is 14.7 Å². The van der Waals surface area contributed by atoms with Crippen molar-refractivity contribution < 1.29 is 4.74 Å². The van der Waals surface area contributed by atoms with E-state index in [0.717, 1.165) is 43.4 Å². The SMILES string of the molecule is c1c[nH]c(Nc2nc(NC3CCC(N4CCOCC4)CC3)c3c4c(sc3n2)CCC4)n1. The van der Waals surface area contributed by atoms with Crippen LogP contribution in [-0.2, 0) is 17.6 Å². The number of ether oxygens (including phenoxy) is 1. The number of aromatic nitrogens is 4. The van der Waals surface area contributed by atoms with Crippen molar-refractivity contribution in [1.29, 1.82) is 0 Å². The highest BCUT2D eigenvalue weighted by atomic mass is 32.1. The zero-order chi connectivity index (χ0) is 20.6. The Balaban J connectivity index is 1.23. The highest BCUT2D eigenvalue weighted by molar-refractivity contribution is 7.19. The maximum absolute atomic E-state index is 5.53. The summed E-state index contributed by atoms with van der Waals surface area (Å²) in [6, 6.07) is 1.16. The molecule has 0 spiro atoms. The van der Waals surface area contributed by atoms with Crippen LogP contribution in [-0.4, -0.2) is 63.2 Å². The molecule has 6 rings (SSSR count). The van der Waals surface area contributed by atoms with Gasteiger partial charge in [-0.25, -0.2) is 9.97 Å². The summed E-state index contributed by atoms with van der Waals surface area (Å²) in [6.45, 7) is 3.92. The van der Waals surface area contributed by atoms with E-state index in [9.17, 15) is 0 Å². The van der Waals surface area contributed by atoms with Crippen LogP contribution in [0.25, 0.3) is 10.2 Å². The number of rotatable bonds is 5. The van der Waals surface area contributed by atoms with Crippen LogP contribution in [0.2, 0.25) is 0 Å². The van der Waals surface area contributed by atoms with Crippen molar-refractivity contribution in [3.05, 3.63) is 22.8 Å². The van der Waals surface area contributed by atoms with Gasteiger partial charge >= 0.3 is 0 Å². The van der Waals surface area contributed by atoms with Crippen LogP contribution in [0.3, 0.4) is 0 Å². The summed E-state index contributed by atoms with van der Waals surface area (Å²) in [5, 5.41) is 8.30. The molecule has 3 aromatic heterocycles. The Kier molecular flexibility index (Phi) is 5.25. The summed E-state index contributed by atoms with van der Waals surface area (Å²) in [6.07, 6.45) is 11.9. The van der Waals surface area contributed by atoms with Gasteiger partial charge < -0.3 is 15.0 Å². The first-order chi connectivity index (χ1) is 15.3. The molecule has 0 amide bonds. The Morgan fingerprint density at radius 1 is 1.10 bits per heavy atom. The highest BCUT2D eigenvalue weighted by Crippen LogP contribution is 2.41. The molecule has 3 aliphatic rings. The molecule has 0 atom stereocenters. The van der Waals surface area contributed by atoms with Gasteiger partial charge in [0.05, 0.1) is 18.6 Å². The van der Waals surface area contributed by atoms with Crippen molar-refractivity contribution in [2.45, 2.75) is 57.0 Å². The van der Waals surface area contributed by atoms with Crippen LogP contribution >= 0.6 is 11.3 Å². The first kappa shape index (κ1) is 19.5. The molecule has 4 heterocycles. The van der Waals surface area contributed by atoms with Crippen LogP contribution in [0, 0.1) is 0 Å². The Morgan fingerprint density at radius 2 is 1.97 bits per heavy atom. The highest BCUT2D eigenvalue weighted by Gasteiger charge is 2.29. The monoisotopic (exact) mass is 439 g/mol. The van der Waals surface area contributed by atoms with Crippen LogP contribution in [0.4, 0.5) is 17.7 Å². The van der Waals surface area contributed by atoms with Gasteiger partial charge in [-0.1, -0.05) is 0 Å². The van der Waals surface area contributed by atoms with E-state index >= 15 is 0 Å². The largest absolute Gasteiger partial charge is 0.379 e. The summed E-state index contributed by atoms with van der Waals surface area (Å²) in [5.74, 6) is 2.26. The van der Waals surface area contributed by atoms with Gasteiger partial charge in [-0.3, -0.25) is 10.2 Å². The second-order valence-corrected chi connectivity index (χ2v) is 9.88. The number of thiophene rings is 1. The molecule has 1 aliphatic heterocycles. The molecule has 0 radical (unpaired) electrons. The number of imidazole rings is 1. The van der Waals surface area contributed by atoms with E-state index in [0.29, 0.717) is 24.0 Å². The minimum absolute atomic E-state index is 0.462. The number of hydrogen-bond donors (Lipinski definition) is 3. The van der Waals surface area contributed by atoms with E-state index in [2.05, 4.69) is 25.5 Å². The van der Waals surface area contributed by atoms with E-state index < -0.39 is 0 Å². The molecular formula is C22H29N7OS. The number of fused-ring (bicyclic) bond motifs is 3. The number of nitrogens with zero attached hydrogens (tertiary/aromatic N) is 4. The quantitative estimate of drug-likeness (QED) is 0.558. The predicted molar refractivity (Wildman–Crippen MR) is 123 cm³/mol. The molecule has 164 valence electrons. The lowest BCUT2D eigenvalue weighted by atomic mass is 9.90. The number of aryl methyl sites for hydroxylation is 2. The lowest BCUT2D eigenvalue weighted by Crippen LogP contribution is -2.46. The molecule has 0 aromatic carbocycles. The molecule has 8 nitrogen and oxygen atoms in total. The zero-order valence-electron chi connectivity index (χ0n) is 17.7. The molecule has 1 saturated carbocycles. The van der Waals surface area contributed by atoms with Crippen LogP contribution < -0.4 is 10.6 Å². The van der Waals surface area contributed by atoms with Crippen molar-refractivity contribution >= 4 is 39.3 Å². The molecule has 0 bridgehead atoms. The molecule has 9 heteroatoms. The van der Waals surface area contributed by atoms with Crippen LogP contribution in [0.1, 0.15) is 42.5 Å². The van der Waals surface area contributed by atoms with E-state index in [1.54, 1.807) is 12.4 Å². The van der Waals surface area contributed by atoms with Gasteiger partial charge in [-0.2, -0.15) is 4.98 Å². The van der Waals surface area contributed by atoms with Gasteiger partial charge in [0.25, 0.3) is 0 Å². The predicted octanol–water partition coefficient (Wildman–Crippen LogP) is 3.70. The average molecular weight is 440 g/mol. The number of H-pyrrole nitrogens is 1. The maximum atomic E-state index is 5.53. The lowest BCUT2D eigenvalue weighted by molar-refractivity contribution is 0.00791. The van der Waals surface area contributed by atoms with Crippen molar-refractivity contribution in [2.24, 2.45) is 0 Å². The fraction of sp³-hybridized carbons (Fsp3) is 0.591. The molecule has 0 unspecified atom stereocenters. The van der Waals surface area contributed by atoms with Crippen LogP contribution in [0.5, 0.6) is 0 Å². The second-order valence-electron chi connectivity index (χ2n) is 8.79. The smallest absolute Gasteiger partial charge is 0.232 e. The van der Waals surface area contributed by atoms with Gasteiger partial charge in [0.2, 0.25) is 11.9 Å². The summed E-state index contributed by atoms with van der Waals surface area (Å²) in [5.41, 5.74) is 1.47. The number of anilines is 3. The third kappa shape index (κ3) is 3.90. The number of hydrogen-bond acceptors (Lipinski definition) is 8. The Bertz CT molecular complexity index is 1040. The number of aromatic amines is 1. The third-order valence-corrected chi connectivity index (χ3v) is 8.08. The van der Waals surface area contributed by atoms with Gasteiger partial charge in [0.1, 0.15) is 10.6 Å². The second kappa shape index (κ2) is 8.37. The normalized spacial score (nSPS) is 24.4. The minimum Gasteiger partial charge on any atom is -0.379 e. The van der Waals surface area contributed by atoms with E-state index in [1.807, 2.05) is 11.3 Å². The van der Waals surface area contributed by atoms with Crippen molar-refractivity contribution in [3.63, 3.8) is 0 Å².